The van der Waals surface area contributed by atoms with Gasteiger partial charge in [-0.2, -0.15) is 0 Å². The van der Waals surface area contributed by atoms with Gasteiger partial charge in [0.1, 0.15) is 5.75 Å². The number of benzene rings is 1. The van der Waals surface area contributed by atoms with Crippen LogP contribution in [0.4, 0.5) is 0 Å². The van der Waals surface area contributed by atoms with Crippen molar-refractivity contribution < 1.29 is 14.3 Å². The number of aromatic amines is 1. The number of amides is 1. The number of carbonyl (C=O) groups excluding carboxylic acids is 1. The number of hydrogen-bond acceptors (Lipinski definition) is 4. The number of nitrogens with one attached hydrogen (secondary N) is 1. The van der Waals surface area contributed by atoms with Gasteiger partial charge in [-0.1, -0.05) is 0 Å². The number of ether oxygens (including phenoxy) is 2. The third kappa shape index (κ3) is 4.20. The van der Waals surface area contributed by atoms with E-state index in [1.807, 2.05) is 31.2 Å². The van der Waals surface area contributed by atoms with Crippen LogP contribution in [0.1, 0.15) is 32.3 Å². The van der Waals surface area contributed by atoms with Gasteiger partial charge in [0.15, 0.2) is 0 Å². The van der Waals surface area contributed by atoms with Crippen molar-refractivity contribution in [1.29, 1.82) is 0 Å². The van der Waals surface area contributed by atoms with Crippen LogP contribution in [0.2, 0.25) is 0 Å². The third-order valence-electron chi connectivity index (χ3n) is 4.46. The van der Waals surface area contributed by atoms with Crippen molar-refractivity contribution in [2.75, 3.05) is 19.8 Å². The molecule has 0 spiro atoms. The summed E-state index contributed by atoms with van der Waals surface area (Å²) >= 11 is 0. The van der Waals surface area contributed by atoms with Gasteiger partial charge in [-0.15, -0.1) is 0 Å². The van der Waals surface area contributed by atoms with Crippen LogP contribution < -0.4 is 10.3 Å². The topological polar surface area (TPSA) is 71.6 Å². The van der Waals surface area contributed by atoms with E-state index in [1.165, 1.54) is 6.92 Å². The first kappa shape index (κ1) is 17.5. The molecule has 1 fully saturated rings. The van der Waals surface area contributed by atoms with Crippen molar-refractivity contribution in [3.8, 4) is 5.75 Å². The molecule has 134 valence electrons. The molecule has 1 aromatic carbocycles. The highest BCUT2D eigenvalue weighted by molar-refractivity contribution is 5.80. The summed E-state index contributed by atoms with van der Waals surface area (Å²) in [6.45, 7) is 5.58. The molecule has 2 aromatic rings. The van der Waals surface area contributed by atoms with Crippen molar-refractivity contribution in [3.63, 3.8) is 0 Å². The van der Waals surface area contributed by atoms with Gasteiger partial charge in [-0.3, -0.25) is 9.59 Å². The number of H-pyrrole nitrogens is 1. The van der Waals surface area contributed by atoms with Crippen molar-refractivity contribution in [2.45, 2.75) is 39.3 Å². The second-order valence-electron chi connectivity index (χ2n) is 6.34. The first-order valence-corrected chi connectivity index (χ1v) is 8.72. The molecule has 0 unspecified atom stereocenters. The monoisotopic (exact) mass is 344 g/mol. The standard InChI is InChI=1S/C19H24N2O4/c1-3-24-16-6-7-18-14(10-16)9-15(19(23)20-18)11-21(13(2)22)12-17-5-4-8-25-17/h6-7,9-10,17H,3-5,8,11-12H2,1-2H3,(H,20,23)/t17-/m1/s1. The van der Waals surface area contributed by atoms with Crippen LogP contribution in [0.3, 0.4) is 0 Å². The average molecular weight is 344 g/mol. The number of aromatic nitrogens is 1. The molecule has 6 heteroatoms. The van der Waals surface area contributed by atoms with Gasteiger partial charge < -0.3 is 19.4 Å². The van der Waals surface area contributed by atoms with Crippen molar-refractivity contribution >= 4 is 16.8 Å². The number of fused-ring (bicyclic) bond motifs is 1. The highest BCUT2D eigenvalue weighted by Crippen LogP contribution is 2.20. The Hall–Kier alpha value is -2.34. The van der Waals surface area contributed by atoms with E-state index >= 15 is 0 Å². The molecule has 1 aliphatic heterocycles. The molecule has 0 radical (unpaired) electrons. The number of hydrogen-bond donors (Lipinski definition) is 1. The van der Waals surface area contributed by atoms with Crippen LogP contribution in [0.15, 0.2) is 29.1 Å². The number of carbonyl (C=O) groups is 1. The summed E-state index contributed by atoms with van der Waals surface area (Å²) < 4.78 is 11.1. The van der Waals surface area contributed by atoms with Crippen LogP contribution in [0.5, 0.6) is 5.75 Å². The number of rotatable bonds is 6. The van der Waals surface area contributed by atoms with Gasteiger partial charge in [0.2, 0.25) is 5.91 Å². The lowest BCUT2D eigenvalue weighted by Gasteiger charge is -2.24. The molecule has 0 bridgehead atoms. The molecular formula is C19H24N2O4. The molecule has 3 rings (SSSR count). The van der Waals surface area contributed by atoms with E-state index in [1.54, 1.807) is 4.90 Å². The summed E-state index contributed by atoms with van der Waals surface area (Å²) in [6.07, 6.45) is 2.04. The SMILES string of the molecule is CCOc1ccc2[nH]c(=O)c(CN(C[C@H]3CCCO3)C(C)=O)cc2c1. The smallest absolute Gasteiger partial charge is 0.253 e. The van der Waals surface area contributed by atoms with Gasteiger partial charge in [-0.05, 0) is 44.0 Å². The van der Waals surface area contributed by atoms with E-state index < -0.39 is 0 Å². The lowest BCUT2D eigenvalue weighted by molar-refractivity contribution is -0.131. The van der Waals surface area contributed by atoms with Gasteiger partial charge in [0, 0.05) is 36.5 Å². The Morgan fingerprint density at radius 2 is 2.24 bits per heavy atom. The molecule has 2 heterocycles. The fraction of sp³-hybridized carbons (Fsp3) is 0.474. The first-order valence-electron chi connectivity index (χ1n) is 8.72. The fourth-order valence-corrected chi connectivity index (χ4v) is 3.15. The predicted octanol–water partition coefficient (Wildman–Crippen LogP) is 2.45. The first-order chi connectivity index (χ1) is 12.1. The minimum absolute atomic E-state index is 0.0573. The molecule has 1 N–H and O–H groups in total. The molecule has 1 amide bonds. The van der Waals surface area contributed by atoms with Gasteiger partial charge in [0.05, 0.1) is 19.3 Å². The average Bonchev–Trinajstić information content (AvgIpc) is 3.08. The quantitative estimate of drug-likeness (QED) is 0.874. The maximum atomic E-state index is 12.4. The normalized spacial score (nSPS) is 17.0. The van der Waals surface area contributed by atoms with Crippen molar-refractivity contribution in [3.05, 3.63) is 40.2 Å². The summed E-state index contributed by atoms with van der Waals surface area (Å²) in [6, 6.07) is 7.40. The van der Waals surface area contributed by atoms with E-state index in [9.17, 15) is 9.59 Å². The van der Waals surface area contributed by atoms with Crippen LogP contribution >= 0.6 is 0 Å². The zero-order chi connectivity index (χ0) is 17.8. The highest BCUT2D eigenvalue weighted by Gasteiger charge is 2.21. The Labute approximate surface area is 146 Å². The maximum Gasteiger partial charge on any atom is 0.253 e. The summed E-state index contributed by atoms with van der Waals surface area (Å²) in [5, 5.41) is 0.890. The summed E-state index contributed by atoms with van der Waals surface area (Å²) in [5.74, 6) is 0.703. The Morgan fingerprint density at radius 3 is 2.92 bits per heavy atom. The minimum atomic E-state index is -0.171. The Morgan fingerprint density at radius 1 is 1.40 bits per heavy atom. The lowest BCUT2D eigenvalue weighted by Crippen LogP contribution is -2.36. The Kier molecular flexibility index (Phi) is 5.38. The summed E-state index contributed by atoms with van der Waals surface area (Å²) in [7, 11) is 0. The van der Waals surface area contributed by atoms with Crippen molar-refractivity contribution in [2.24, 2.45) is 0 Å². The van der Waals surface area contributed by atoms with Crippen LogP contribution in [0, 0.1) is 0 Å². The largest absolute Gasteiger partial charge is 0.494 e. The second-order valence-corrected chi connectivity index (χ2v) is 6.34. The summed E-state index contributed by atoms with van der Waals surface area (Å²) in [4.78, 5) is 28.9. The molecule has 0 saturated carbocycles. The molecule has 6 nitrogen and oxygen atoms in total. The van der Waals surface area contributed by atoms with Crippen LogP contribution in [0.25, 0.3) is 10.9 Å². The molecular weight excluding hydrogens is 320 g/mol. The Balaban J connectivity index is 1.85. The molecule has 25 heavy (non-hydrogen) atoms. The van der Waals surface area contributed by atoms with Gasteiger partial charge in [0.25, 0.3) is 5.56 Å². The van der Waals surface area contributed by atoms with Gasteiger partial charge >= 0.3 is 0 Å². The van der Waals surface area contributed by atoms with E-state index in [2.05, 4.69) is 4.98 Å². The zero-order valence-corrected chi connectivity index (χ0v) is 14.7. The molecule has 1 saturated heterocycles. The van der Waals surface area contributed by atoms with Crippen LogP contribution in [-0.2, 0) is 16.1 Å². The predicted molar refractivity (Wildman–Crippen MR) is 95.8 cm³/mol. The lowest BCUT2D eigenvalue weighted by atomic mass is 10.1. The van der Waals surface area contributed by atoms with Crippen LogP contribution in [-0.4, -0.2) is 41.7 Å². The number of pyridine rings is 1. The van der Waals surface area contributed by atoms with E-state index in [4.69, 9.17) is 9.47 Å². The molecule has 1 atom stereocenters. The zero-order valence-electron chi connectivity index (χ0n) is 14.7. The molecule has 1 aliphatic rings. The van der Waals surface area contributed by atoms with E-state index in [-0.39, 0.29) is 24.1 Å². The van der Waals surface area contributed by atoms with E-state index in [0.717, 1.165) is 36.1 Å². The maximum absolute atomic E-state index is 12.4. The fourth-order valence-electron chi connectivity index (χ4n) is 3.15. The van der Waals surface area contributed by atoms with Gasteiger partial charge in [-0.25, -0.2) is 0 Å². The molecule has 1 aromatic heterocycles. The number of nitrogens with zero attached hydrogens (tertiary/aromatic N) is 1. The third-order valence-corrected chi connectivity index (χ3v) is 4.46. The Bertz CT molecular complexity index is 809. The van der Waals surface area contributed by atoms with Crippen molar-refractivity contribution in [1.82, 2.24) is 9.88 Å². The summed E-state index contributed by atoms with van der Waals surface area (Å²) in [5.41, 5.74) is 1.15. The van der Waals surface area contributed by atoms with E-state index in [0.29, 0.717) is 18.7 Å². The highest BCUT2D eigenvalue weighted by atomic mass is 16.5. The molecule has 0 aliphatic carbocycles. The minimum Gasteiger partial charge on any atom is -0.494 e. The second kappa shape index (κ2) is 7.70.